The van der Waals surface area contributed by atoms with E-state index in [4.69, 9.17) is 0 Å². The molecule has 0 aromatic heterocycles. The summed E-state index contributed by atoms with van der Waals surface area (Å²) < 4.78 is 0. The van der Waals surface area contributed by atoms with E-state index in [0.29, 0.717) is 0 Å². The van der Waals surface area contributed by atoms with Crippen molar-refractivity contribution < 1.29 is 0 Å². The SMILES string of the molecule is c1ccc(-c2c(-c3ccccc3)c(-c3ccccc3)c3c(-c4ccc(N(c5ccccc5)c5cc6ccccc6c6ccccc56)c5ccccc45)cccc3c2-c2ccccc2)cc1. The molecule has 0 aliphatic carbocycles. The molecule has 0 heterocycles. The van der Waals surface area contributed by atoms with E-state index in [2.05, 4.69) is 266 Å². The number of anilines is 3. The van der Waals surface area contributed by atoms with Gasteiger partial charge in [-0.15, -0.1) is 0 Å². The highest BCUT2D eigenvalue weighted by Crippen LogP contribution is 2.54. The molecule has 0 spiro atoms. The van der Waals surface area contributed by atoms with Gasteiger partial charge in [0.1, 0.15) is 0 Å². The van der Waals surface area contributed by atoms with Crippen LogP contribution in [-0.4, -0.2) is 0 Å². The molecule has 0 radical (unpaired) electrons. The van der Waals surface area contributed by atoms with Crippen LogP contribution in [0.15, 0.2) is 261 Å². The zero-order chi connectivity index (χ0) is 43.1. The lowest BCUT2D eigenvalue weighted by Gasteiger charge is -2.29. The second-order valence-electron chi connectivity index (χ2n) is 16.7. The number of nitrogens with zero attached hydrogens (tertiary/aromatic N) is 1. The lowest BCUT2D eigenvalue weighted by Crippen LogP contribution is -2.11. The van der Waals surface area contributed by atoms with Gasteiger partial charge < -0.3 is 4.90 Å². The highest BCUT2D eigenvalue weighted by molar-refractivity contribution is 6.24. The van der Waals surface area contributed by atoms with Crippen molar-refractivity contribution in [3.8, 4) is 55.6 Å². The summed E-state index contributed by atoms with van der Waals surface area (Å²) in [6, 6.07) is 95.4. The van der Waals surface area contributed by atoms with Crippen LogP contribution in [0.25, 0.3) is 98.7 Å². The highest BCUT2D eigenvalue weighted by Gasteiger charge is 2.27. The van der Waals surface area contributed by atoms with Gasteiger partial charge in [-0.2, -0.15) is 0 Å². The predicted octanol–water partition coefficient (Wildman–Crippen LogP) is 18.1. The molecule has 0 saturated heterocycles. The maximum absolute atomic E-state index is 2.46. The summed E-state index contributed by atoms with van der Waals surface area (Å²) in [6.45, 7) is 0. The molecule has 0 saturated carbocycles. The van der Waals surface area contributed by atoms with E-state index in [-0.39, 0.29) is 0 Å². The third-order valence-electron chi connectivity index (χ3n) is 13.0. The highest BCUT2D eigenvalue weighted by atomic mass is 15.1. The molecule has 0 bridgehead atoms. The van der Waals surface area contributed by atoms with Crippen molar-refractivity contribution in [1.29, 1.82) is 0 Å². The van der Waals surface area contributed by atoms with Crippen molar-refractivity contribution in [3.05, 3.63) is 261 Å². The van der Waals surface area contributed by atoms with Gasteiger partial charge in [0.25, 0.3) is 0 Å². The summed E-state index contributed by atoms with van der Waals surface area (Å²) in [5.41, 5.74) is 15.4. The zero-order valence-electron chi connectivity index (χ0n) is 35.8. The second-order valence-corrected chi connectivity index (χ2v) is 16.7. The van der Waals surface area contributed by atoms with Gasteiger partial charge in [0, 0.05) is 16.5 Å². The number of fused-ring (bicyclic) bond motifs is 5. The second kappa shape index (κ2) is 16.3. The Balaban J connectivity index is 1.21. The van der Waals surface area contributed by atoms with Gasteiger partial charge in [-0.3, -0.25) is 0 Å². The van der Waals surface area contributed by atoms with E-state index in [9.17, 15) is 0 Å². The summed E-state index contributed by atoms with van der Waals surface area (Å²) in [4.78, 5) is 2.46. The van der Waals surface area contributed by atoms with E-state index < -0.39 is 0 Å². The van der Waals surface area contributed by atoms with Crippen molar-refractivity contribution in [2.24, 2.45) is 0 Å². The number of hydrogen-bond donors (Lipinski definition) is 0. The molecule has 1 nitrogen and oxygen atoms in total. The van der Waals surface area contributed by atoms with Gasteiger partial charge in [0.05, 0.1) is 11.4 Å². The molecule has 0 aliphatic heterocycles. The summed E-state index contributed by atoms with van der Waals surface area (Å²) in [5.74, 6) is 0. The van der Waals surface area contributed by atoms with Crippen molar-refractivity contribution in [1.82, 2.24) is 0 Å². The standard InChI is InChI=1S/C64H43N/c1-6-23-44(24-7-1)60-57-40-22-39-56(64(57)63(47-29-12-4-13-30-47)62(46-27-10-3-11-28-46)61(60)45-25-8-2-9-26-45)53-41-42-58(54-37-20-19-36-52(53)54)65(49-32-14-5-15-33-49)59-43-48-31-16-17-34-50(48)51-35-18-21-38-55(51)59/h1-43H. The Bertz CT molecular complexity index is 3670. The lowest BCUT2D eigenvalue weighted by atomic mass is 9.77. The van der Waals surface area contributed by atoms with Crippen LogP contribution in [0.1, 0.15) is 0 Å². The number of benzene rings is 12. The molecule has 0 amide bonds. The maximum atomic E-state index is 2.46. The molecule has 0 aliphatic rings. The largest absolute Gasteiger partial charge is 0.309 e. The van der Waals surface area contributed by atoms with Gasteiger partial charge in [-0.1, -0.05) is 237 Å². The number of rotatable bonds is 8. The molecule has 304 valence electrons. The van der Waals surface area contributed by atoms with Gasteiger partial charge in [-0.05, 0) is 112 Å². The minimum absolute atomic E-state index is 1.11. The average molecular weight is 826 g/mol. The fourth-order valence-electron chi connectivity index (χ4n) is 10.3. The Labute approximate surface area is 379 Å². The summed E-state index contributed by atoms with van der Waals surface area (Å²) in [6.07, 6.45) is 0. The third kappa shape index (κ3) is 6.56. The summed E-state index contributed by atoms with van der Waals surface area (Å²) in [5, 5.41) is 9.73. The average Bonchev–Trinajstić information content (AvgIpc) is 3.39. The first-order valence-corrected chi connectivity index (χ1v) is 22.4. The first kappa shape index (κ1) is 38.2. The minimum Gasteiger partial charge on any atom is -0.309 e. The quantitative estimate of drug-likeness (QED) is 0.138. The van der Waals surface area contributed by atoms with Gasteiger partial charge in [-0.25, -0.2) is 0 Å². The van der Waals surface area contributed by atoms with E-state index in [1.807, 2.05) is 0 Å². The van der Waals surface area contributed by atoms with Crippen LogP contribution in [0, 0.1) is 0 Å². The number of hydrogen-bond acceptors (Lipinski definition) is 1. The molecule has 0 N–H and O–H groups in total. The van der Waals surface area contributed by atoms with Crippen LogP contribution in [-0.2, 0) is 0 Å². The molecular formula is C64H43N. The van der Waals surface area contributed by atoms with Crippen LogP contribution < -0.4 is 4.90 Å². The molecule has 1 heteroatoms. The third-order valence-corrected chi connectivity index (χ3v) is 13.0. The normalized spacial score (nSPS) is 11.4. The van der Waals surface area contributed by atoms with Crippen molar-refractivity contribution in [2.45, 2.75) is 0 Å². The van der Waals surface area contributed by atoms with Gasteiger partial charge >= 0.3 is 0 Å². The van der Waals surface area contributed by atoms with Crippen LogP contribution >= 0.6 is 0 Å². The van der Waals surface area contributed by atoms with E-state index in [1.165, 1.54) is 98.7 Å². The molecule has 0 unspecified atom stereocenters. The molecule has 12 rings (SSSR count). The first-order chi connectivity index (χ1) is 32.3. The van der Waals surface area contributed by atoms with Crippen LogP contribution in [0.3, 0.4) is 0 Å². The van der Waals surface area contributed by atoms with Gasteiger partial charge in [0.15, 0.2) is 0 Å². The Hall–Kier alpha value is -8.52. The number of para-hydroxylation sites is 1. The van der Waals surface area contributed by atoms with Crippen LogP contribution in [0.2, 0.25) is 0 Å². The monoisotopic (exact) mass is 825 g/mol. The van der Waals surface area contributed by atoms with E-state index >= 15 is 0 Å². The Morgan fingerprint density at radius 2 is 0.662 bits per heavy atom. The van der Waals surface area contributed by atoms with E-state index in [1.54, 1.807) is 0 Å². The topological polar surface area (TPSA) is 3.24 Å². The molecule has 0 atom stereocenters. The fourth-order valence-corrected chi connectivity index (χ4v) is 10.3. The zero-order valence-corrected chi connectivity index (χ0v) is 35.8. The summed E-state index contributed by atoms with van der Waals surface area (Å²) in [7, 11) is 0. The van der Waals surface area contributed by atoms with Crippen molar-refractivity contribution in [3.63, 3.8) is 0 Å². The maximum Gasteiger partial charge on any atom is 0.0546 e. The fraction of sp³-hybridized carbons (Fsp3) is 0. The molecule has 12 aromatic carbocycles. The molecule has 65 heavy (non-hydrogen) atoms. The lowest BCUT2D eigenvalue weighted by molar-refractivity contribution is 1.32. The van der Waals surface area contributed by atoms with Gasteiger partial charge in [0.2, 0.25) is 0 Å². The van der Waals surface area contributed by atoms with Crippen LogP contribution in [0.5, 0.6) is 0 Å². The molecular weight excluding hydrogens is 783 g/mol. The minimum atomic E-state index is 1.11. The van der Waals surface area contributed by atoms with Crippen molar-refractivity contribution in [2.75, 3.05) is 4.90 Å². The Morgan fingerprint density at radius 3 is 1.26 bits per heavy atom. The first-order valence-electron chi connectivity index (χ1n) is 22.4. The smallest absolute Gasteiger partial charge is 0.0546 e. The predicted molar refractivity (Wildman–Crippen MR) is 278 cm³/mol. The molecule has 0 fully saturated rings. The Morgan fingerprint density at radius 1 is 0.231 bits per heavy atom. The Kier molecular flexibility index (Phi) is 9.58. The molecule has 12 aromatic rings. The van der Waals surface area contributed by atoms with Crippen LogP contribution in [0.4, 0.5) is 17.1 Å². The summed E-state index contributed by atoms with van der Waals surface area (Å²) >= 11 is 0. The van der Waals surface area contributed by atoms with Crippen molar-refractivity contribution >= 4 is 60.2 Å². The van der Waals surface area contributed by atoms with E-state index in [0.717, 1.165) is 17.1 Å².